The van der Waals surface area contributed by atoms with Gasteiger partial charge in [-0.25, -0.2) is 0 Å². The van der Waals surface area contributed by atoms with Crippen LogP contribution in [0.2, 0.25) is 0 Å². The SMILES string of the molecule is CCN(CC)C(=S)SCC(C)O. The van der Waals surface area contributed by atoms with Crippen LogP contribution in [-0.2, 0) is 0 Å². The number of nitrogens with zero attached hydrogens (tertiary/aromatic N) is 1. The molecule has 0 amide bonds. The molecule has 1 unspecified atom stereocenters. The second kappa shape index (κ2) is 6.69. The second-order valence-electron chi connectivity index (χ2n) is 2.60. The van der Waals surface area contributed by atoms with Gasteiger partial charge in [0.2, 0.25) is 0 Å². The van der Waals surface area contributed by atoms with Crippen LogP contribution in [0.15, 0.2) is 0 Å². The van der Waals surface area contributed by atoms with Gasteiger partial charge in [-0.05, 0) is 20.8 Å². The van der Waals surface area contributed by atoms with Crippen LogP contribution in [0.4, 0.5) is 0 Å². The maximum Gasteiger partial charge on any atom is 0.136 e. The highest BCUT2D eigenvalue weighted by Gasteiger charge is 2.06. The van der Waals surface area contributed by atoms with Crippen molar-refractivity contribution < 1.29 is 5.11 Å². The van der Waals surface area contributed by atoms with E-state index in [0.717, 1.165) is 17.4 Å². The molecule has 0 aromatic rings. The molecule has 0 aliphatic rings. The van der Waals surface area contributed by atoms with E-state index in [1.165, 1.54) is 0 Å². The first-order chi connectivity index (χ1) is 5.61. The Hall–Kier alpha value is 0.200. The average molecular weight is 207 g/mol. The van der Waals surface area contributed by atoms with Crippen molar-refractivity contribution in [3.05, 3.63) is 0 Å². The van der Waals surface area contributed by atoms with Crippen LogP contribution in [0.5, 0.6) is 0 Å². The molecule has 0 radical (unpaired) electrons. The highest BCUT2D eigenvalue weighted by molar-refractivity contribution is 8.22. The Morgan fingerprint density at radius 2 is 2.00 bits per heavy atom. The van der Waals surface area contributed by atoms with Gasteiger partial charge in [0, 0.05) is 18.8 Å². The quantitative estimate of drug-likeness (QED) is 0.709. The van der Waals surface area contributed by atoms with Gasteiger partial charge in [-0.1, -0.05) is 24.0 Å². The standard InChI is InChI=1S/C8H17NOS2/c1-4-9(5-2)8(11)12-6-7(3)10/h7,10H,4-6H2,1-3H3. The molecule has 0 saturated heterocycles. The Labute approximate surface area is 84.3 Å². The number of aliphatic hydroxyl groups excluding tert-OH is 1. The van der Waals surface area contributed by atoms with E-state index in [1.807, 2.05) is 0 Å². The molecule has 1 N–H and O–H groups in total. The minimum absolute atomic E-state index is 0.275. The van der Waals surface area contributed by atoms with Gasteiger partial charge in [-0.3, -0.25) is 0 Å². The summed E-state index contributed by atoms with van der Waals surface area (Å²) in [5.41, 5.74) is 0. The summed E-state index contributed by atoms with van der Waals surface area (Å²) in [6.45, 7) is 7.83. The van der Waals surface area contributed by atoms with E-state index < -0.39 is 0 Å². The van der Waals surface area contributed by atoms with E-state index in [-0.39, 0.29) is 6.10 Å². The van der Waals surface area contributed by atoms with Crippen molar-refractivity contribution in [2.75, 3.05) is 18.8 Å². The molecule has 2 nitrogen and oxygen atoms in total. The van der Waals surface area contributed by atoms with E-state index in [9.17, 15) is 0 Å². The molecular weight excluding hydrogens is 190 g/mol. The minimum Gasteiger partial charge on any atom is -0.393 e. The van der Waals surface area contributed by atoms with E-state index in [4.69, 9.17) is 17.3 Å². The zero-order valence-corrected chi connectivity index (χ0v) is 9.54. The van der Waals surface area contributed by atoms with Gasteiger partial charge < -0.3 is 10.0 Å². The van der Waals surface area contributed by atoms with Crippen LogP contribution >= 0.6 is 24.0 Å². The lowest BCUT2D eigenvalue weighted by Crippen LogP contribution is -2.27. The van der Waals surface area contributed by atoms with E-state index in [2.05, 4.69) is 18.7 Å². The van der Waals surface area contributed by atoms with Crippen molar-refractivity contribution in [2.24, 2.45) is 0 Å². The predicted octanol–water partition coefficient (Wildman–Crippen LogP) is 1.73. The summed E-state index contributed by atoms with van der Waals surface area (Å²) in [6, 6.07) is 0. The number of rotatable bonds is 4. The predicted molar refractivity (Wildman–Crippen MR) is 59.7 cm³/mol. The van der Waals surface area contributed by atoms with Crippen molar-refractivity contribution in [2.45, 2.75) is 26.9 Å². The van der Waals surface area contributed by atoms with Crippen molar-refractivity contribution in [1.29, 1.82) is 0 Å². The summed E-state index contributed by atoms with van der Waals surface area (Å²) in [5.74, 6) is 0.690. The molecule has 4 heteroatoms. The molecule has 0 aliphatic heterocycles. The lowest BCUT2D eigenvalue weighted by molar-refractivity contribution is 0.220. The Balaban J connectivity index is 3.69. The molecule has 0 aromatic carbocycles. The topological polar surface area (TPSA) is 23.5 Å². The lowest BCUT2D eigenvalue weighted by atomic mass is 10.5. The fraction of sp³-hybridized carbons (Fsp3) is 0.875. The summed E-state index contributed by atoms with van der Waals surface area (Å²) in [4.78, 5) is 2.11. The maximum absolute atomic E-state index is 9.03. The zero-order chi connectivity index (χ0) is 9.56. The highest BCUT2D eigenvalue weighted by Crippen LogP contribution is 2.10. The van der Waals surface area contributed by atoms with Crippen LogP contribution in [0.3, 0.4) is 0 Å². The van der Waals surface area contributed by atoms with E-state index in [0.29, 0.717) is 5.75 Å². The fourth-order valence-electron chi connectivity index (χ4n) is 0.765. The largest absolute Gasteiger partial charge is 0.393 e. The lowest BCUT2D eigenvalue weighted by Gasteiger charge is -2.21. The van der Waals surface area contributed by atoms with Crippen molar-refractivity contribution >= 4 is 28.3 Å². The fourth-order valence-corrected chi connectivity index (χ4v) is 2.05. The zero-order valence-electron chi connectivity index (χ0n) is 7.91. The highest BCUT2D eigenvalue weighted by atomic mass is 32.2. The van der Waals surface area contributed by atoms with Gasteiger partial charge in [0.25, 0.3) is 0 Å². The summed E-state index contributed by atoms with van der Waals surface area (Å²) >= 11 is 6.72. The van der Waals surface area contributed by atoms with Gasteiger partial charge in [0.15, 0.2) is 0 Å². The molecule has 12 heavy (non-hydrogen) atoms. The first-order valence-corrected chi connectivity index (χ1v) is 5.60. The van der Waals surface area contributed by atoms with Crippen LogP contribution in [0.1, 0.15) is 20.8 Å². The summed E-state index contributed by atoms with van der Waals surface area (Å²) in [6.07, 6.45) is -0.275. The van der Waals surface area contributed by atoms with Crippen LogP contribution < -0.4 is 0 Å². The van der Waals surface area contributed by atoms with Gasteiger partial charge in [0.05, 0.1) is 6.10 Å². The first kappa shape index (κ1) is 12.2. The molecule has 1 atom stereocenters. The first-order valence-electron chi connectivity index (χ1n) is 4.21. The van der Waals surface area contributed by atoms with Gasteiger partial charge in [0.1, 0.15) is 4.32 Å². The number of hydrogen-bond acceptors (Lipinski definition) is 3. The van der Waals surface area contributed by atoms with E-state index >= 15 is 0 Å². The second-order valence-corrected chi connectivity index (χ2v) is 4.25. The van der Waals surface area contributed by atoms with Crippen molar-refractivity contribution in [1.82, 2.24) is 4.90 Å². The molecule has 0 aromatic heterocycles. The third kappa shape index (κ3) is 4.95. The summed E-state index contributed by atoms with van der Waals surface area (Å²) < 4.78 is 0.890. The molecule has 0 heterocycles. The summed E-state index contributed by atoms with van der Waals surface area (Å²) in [5, 5.41) is 9.03. The Morgan fingerprint density at radius 3 is 2.33 bits per heavy atom. The number of thiocarbonyl (C=S) groups is 1. The molecule has 0 bridgehead atoms. The van der Waals surface area contributed by atoms with E-state index in [1.54, 1.807) is 18.7 Å². The normalized spacial score (nSPS) is 12.7. The molecule has 0 rings (SSSR count). The molecule has 0 fully saturated rings. The third-order valence-electron chi connectivity index (χ3n) is 1.47. The Morgan fingerprint density at radius 1 is 1.50 bits per heavy atom. The van der Waals surface area contributed by atoms with Crippen LogP contribution in [-0.4, -0.2) is 39.3 Å². The van der Waals surface area contributed by atoms with Gasteiger partial charge in [-0.15, -0.1) is 0 Å². The minimum atomic E-state index is -0.275. The molecule has 0 aliphatic carbocycles. The molecule has 0 spiro atoms. The van der Waals surface area contributed by atoms with Crippen LogP contribution in [0.25, 0.3) is 0 Å². The van der Waals surface area contributed by atoms with Gasteiger partial charge in [-0.2, -0.15) is 0 Å². The Kier molecular flexibility index (Phi) is 6.80. The Bertz CT molecular complexity index is 135. The van der Waals surface area contributed by atoms with Crippen LogP contribution in [0, 0.1) is 0 Å². The molecule has 72 valence electrons. The van der Waals surface area contributed by atoms with Crippen molar-refractivity contribution in [3.63, 3.8) is 0 Å². The number of hydrogen-bond donors (Lipinski definition) is 1. The number of aliphatic hydroxyl groups is 1. The third-order valence-corrected chi connectivity index (χ3v) is 3.24. The smallest absolute Gasteiger partial charge is 0.136 e. The molecule has 0 saturated carbocycles. The van der Waals surface area contributed by atoms with Gasteiger partial charge >= 0.3 is 0 Å². The monoisotopic (exact) mass is 207 g/mol. The summed E-state index contributed by atoms with van der Waals surface area (Å²) in [7, 11) is 0. The average Bonchev–Trinajstić information content (AvgIpc) is 2.03. The maximum atomic E-state index is 9.03. The number of thioether (sulfide) groups is 1. The molecular formula is C8H17NOS2. The van der Waals surface area contributed by atoms with Crippen molar-refractivity contribution in [3.8, 4) is 0 Å².